The van der Waals surface area contributed by atoms with Crippen LogP contribution in [-0.2, 0) is 10.7 Å². The van der Waals surface area contributed by atoms with Crippen LogP contribution in [0.25, 0.3) is 16.5 Å². The summed E-state index contributed by atoms with van der Waals surface area (Å²) < 4.78 is 53.6. The number of nitrogens with zero attached hydrogens (tertiary/aromatic N) is 5. The van der Waals surface area contributed by atoms with Crippen LogP contribution >= 0.6 is 18.5 Å². The van der Waals surface area contributed by atoms with Gasteiger partial charge in [-0.3, -0.25) is 4.40 Å². The molecule has 0 amide bonds. The molecule has 0 saturated carbocycles. The first-order valence-corrected chi connectivity index (χ1v) is 13.6. The Kier molecular flexibility index (Phi) is 6.09. The van der Waals surface area contributed by atoms with E-state index >= 15 is 0 Å². The van der Waals surface area contributed by atoms with E-state index in [4.69, 9.17) is 11.1 Å². The Balaban J connectivity index is 1.71. The van der Waals surface area contributed by atoms with Crippen molar-refractivity contribution in [3.8, 4) is 11.5 Å². The molecular formula is C20H23F3N7OPS. The number of nitrogens with one attached hydrogen (secondary N) is 1. The molecule has 0 bridgehead atoms. The smallest absolute Gasteiger partial charge is 0.404 e. The monoisotopic (exact) mass is 497 g/mol. The van der Waals surface area contributed by atoms with Gasteiger partial charge in [-0.1, -0.05) is 11.3 Å². The number of thiazole rings is 1. The SMILES string of the molecule is CP(C)(=O)C1CC(/C(C=N)=C/N)CN(c2ccnc(-c3cnc4sc(C(F)(F)F)cn34)n2)C1. The predicted molar refractivity (Wildman–Crippen MR) is 124 cm³/mol. The first kappa shape index (κ1) is 23.4. The highest BCUT2D eigenvalue weighted by atomic mass is 32.1. The molecular weight excluding hydrogens is 474 g/mol. The average molecular weight is 497 g/mol. The third kappa shape index (κ3) is 4.67. The number of halogens is 3. The van der Waals surface area contributed by atoms with E-state index < -0.39 is 18.2 Å². The van der Waals surface area contributed by atoms with Crippen molar-refractivity contribution >= 4 is 35.5 Å². The van der Waals surface area contributed by atoms with E-state index in [0.717, 1.165) is 6.20 Å². The fraction of sp³-hybridized carbons (Fsp3) is 0.400. The van der Waals surface area contributed by atoms with Gasteiger partial charge in [0.05, 0.1) is 13.3 Å². The second kappa shape index (κ2) is 8.57. The molecule has 176 valence electrons. The van der Waals surface area contributed by atoms with Crippen molar-refractivity contribution in [2.75, 3.05) is 31.3 Å². The van der Waals surface area contributed by atoms with Crippen molar-refractivity contribution in [1.82, 2.24) is 19.4 Å². The number of imidazole rings is 1. The minimum absolute atomic E-state index is 0.0919. The van der Waals surface area contributed by atoms with Crippen LogP contribution in [0.3, 0.4) is 0 Å². The zero-order valence-electron chi connectivity index (χ0n) is 18.0. The summed E-state index contributed by atoms with van der Waals surface area (Å²) >= 11 is 0.554. The molecule has 0 aliphatic carbocycles. The Morgan fingerprint density at radius 1 is 1.33 bits per heavy atom. The number of fused-ring (bicyclic) bond motifs is 1. The Bertz CT molecular complexity index is 1260. The number of hydrogen-bond donors (Lipinski definition) is 2. The van der Waals surface area contributed by atoms with Gasteiger partial charge < -0.3 is 20.6 Å². The second-order valence-electron chi connectivity index (χ2n) is 8.36. The van der Waals surface area contributed by atoms with Gasteiger partial charge in [0.2, 0.25) is 0 Å². The molecule has 3 aromatic heterocycles. The van der Waals surface area contributed by atoms with Gasteiger partial charge in [0.25, 0.3) is 0 Å². The molecule has 3 N–H and O–H groups in total. The second-order valence-corrected chi connectivity index (χ2v) is 13.0. The highest BCUT2D eigenvalue weighted by Crippen LogP contribution is 2.48. The maximum absolute atomic E-state index is 13.1. The lowest BCUT2D eigenvalue weighted by atomic mass is 9.91. The first-order chi connectivity index (χ1) is 15.5. The number of nitrogens with two attached hydrogens (primary N) is 1. The van der Waals surface area contributed by atoms with Crippen LogP contribution in [0.1, 0.15) is 11.3 Å². The highest BCUT2D eigenvalue weighted by Gasteiger charge is 2.36. The zero-order valence-corrected chi connectivity index (χ0v) is 19.7. The van der Waals surface area contributed by atoms with Crippen LogP contribution < -0.4 is 10.6 Å². The summed E-state index contributed by atoms with van der Waals surface area (Å²) in [5.74, 6) is 0.708. The van der Waals surface area contributed by atoms with Gasteiger partial charge >= 0.3 is 6.18 Å². The summed E-state index contributed by atoms with van der Waals surface area (Å²) in [6.45, 7) is 4.52. The van der Waals surface area contributed by atoms with Crippen LogP contribution in [0, 0.1) is 11.3 Å². The normalized spacial score (nSPS) is 20.4. The fourth-order valence-corrected chi connectivity index (χ4v) is 6.16. The molecule has 4 heterocycles. The molecule has 3 aromatic rings. The number of alkyl halides is 3. The molecule has 2 unspecified atom stereocenters. The molecule has 1 aliphatic rings. The molecule has 33 heavy (non-hydrogen) atoms. The van der Waals surface area contributed by atoms with Crippen molar-refractivity contribution in [2.24, 2.45) is 11.7 Å². The molecule has 0 aromatic carbocycles. The van der Waals surface area contributed by atoms with Gasteiger partial charge in [0.1, 0.15) is 16.4 Å². The maximum atomic E-state index is 13.1. The van der Waals surface area contributed by atoms with E-state index in [1.54, 1.807) is 25.6 Å². The van der Waals surface area contributed by atoms with E-state index in [-0.39, 0.29) is 22.4 Å². The lowest BCUT2D eigenvalue weighted by Crippen LogP contribution is -2.44. The number of piperidine rings is 1. The van der Waals surface area contributed by atoms with Gasteiger partial charge in [0, 0.05) is 43.3 Å². The lowest BCUT2D eigenvalue weighted by Gasteiger charge is -2.40. The van der Waals surface area contributed by atoms with E-state index in [1.807, 2.05) is 4.90 Å². The summed E-state index contributed by atoms with van der Waals surface area (Å²) in [6.07, 6.45) is 2.79. The first-order valence-electron chi connectivity index (χ1n) is 10.1. The van der Waals surface area contributed by atoms with Gasteiger partial charge in [-0.2, -0.15) is 13.2 Å². The number of aromatic nitrogens is 4. The molecule has 1 fully saturated rings. The molecule has 1 aliphatic heterocycles. The lowest BCUT2D eigenvalue weighted by molar-refractivity contribution is -0.134. The number of hydrogen-bond acceptors (Lipinski definition) is 8. The number of anilines is 1. The Hall–Kier alpha value is -2.72. The van der Waals surface area contributed by atoms with Crippen molar-refractivity contribution in [1.29, 1.82) is 5.41 Å². The van der Waals surface area contributed by atoms with Gasteiger partial charge in [-0.05, 0) is 37.6 Å². The van der Waals surface area contributed by atoms with Crippen molar-refractivity contribution in [3.05, 3.63) is 41.3 Å². The van der Waals surface area contributed by atoms with E-state index in [2.05, 4.69) is 15.0 Å². The minimum atomic E-state index is -4.46. The summed E-state index contributed by atoms with van der Waals surface area (Å²) in [5.41, 5.74) is 6.60. The number of rotatable bonds is 5. The largest absolute Gasteiger partial charge is 0.427 e. The van der Waals surface area contributed by atoms with Gasteiger partial charge in [0.15, 0.2) is 10.8 Å². The van der Waals surface area contributed by atoms with Crippen LogP contribution in [0.15, 0.2) is 36.4 Å². The van der Waals surface area contributed by atoms with E-state index in [0.29, 0.717) is 47.9 Å². The third-order valence-corrected chi connectivity index (χ3v) is 9.00. The molecule has 13 heteroatoms. The highest BCUT2D eigenvalue weighted by molar-refractivity contribution is 7.63. The molecule has 8 nitrogen and oxygen atoms in total. The molecule has 0 spiro atoms. The van der Waals surface area contributed by atoms with Crippen molar-refractivity contribution in [2.45, 2.75) is 18.3 Å². The van der Waals surface area contributed by atoms with Crippen LogP contribution in [0.4, 0.5) is 19.0 Å². The summed E-state index contributed by atoms with van der Waals surface area (Å²) in [4.78, 5) is 14.4. The van der Waals surface area contributed by atoms with Gasteiger partial charge in [-0.25, -0.2) is 15.0 Å². The maximum Gasteiger partial charge on any atom is 0.427 e. The van der Waals surface area contributed by atoms with Crippen molar-refractivity contribution in [3.63, 3.8) is 0 Å². The average Bonchev–Trinajstić information content (AvgIpc) is 3.35. The predicted octanol–water partition coefficient (Wildman–Crippen LogP) is 4.18. The standard InChI is InChI=1S/C20H23F3N7OPS/c1-32(2,31)14-5-12(13(6-24)7-25)9-29(10-14)17-3-4-26-18(28-17)15-8-27-19-30(15)11-16(33-19)20(21,22)23/h3-4,6-8,11-12,14,24H,5,9-10,25H2,1-2H3/b13-7+,24-6?. The zero-order chi connectivity index (χ0) is 24.0. The topological polar surface area (TPSA) is 113 Å². The van der Waals surface area contributed by atoms with Crippen LogP contribution in [0.5, 0.6) is 0 Å². The molecule has 4 rings (SSSR count). The Labute approximate surface area is 192 Å². The summed E-state index contributed by atoms with van der Waals surface area (Å²) in [7, 11) is -2.45. The van der Waals surface area contributed by atoms with E-state index in [1.165, 1.54) is 23.0 Å². The van der Waals surface area contributed by atoms with Crippen LogP contribution in [-0.4, -0.2) is 57.6 Å². The molecule has 2 atom stereocenters. The minimum Gasteiger partial charge on any atom is -0.404 e. The van der Waals surface area contributed by atoms with Gasteiger partial charge in [-0.15, -0.1) is 0 Å². The Morgan fingerprint density at radius 2 is 2.09 bits per heavy atom. The third-order valence-electron chi connectivity index (χ3n) is 5.82. The van der Waals surface area contributed by atoms with Crippen molar-refractivity contribution < 1.29 is 17.7 Å². The Morgan fingerprint density at radius 3 is 2.73 bits per heavy atom. The fourth-order valence-electron chi connectivity index (χ4n) is 3.98. The summed E-state index contributed by atoms with van der Waals surface area (Å²) in [5, 5.41) is 7.66. The van der Waals surface area contributed by atoms with Crippen LogP contribution in [0.2, 0.25) is 0 Å². The quantitative estimate of drug-likeness (QED) is 0.404. The molecule has 0 radical (unpaired) electrons. The summed E-state index contributed by atoms with van der Waals surface area (Å²) in [6, 6.07) is 1.71. The molecule has 1 saturated heterocycles. The van der Waals surface area contributed by atoms with E-state index in [9.17, 15) is 17.7 Å².